The highest BCUT2D eigenvalue weighted by atomic mass is 19.4. The molecule has 0 saturated carbocycles. The molecule has 7 heteroatoms. The number of dihydropyridines is 1. The normalized spacial score (nSPS) is 26.3. The first kappa shape index (κ1) is 13.3. The third-order valence-electron chi connectivity index (χ3n) is 2.82. The topological polar surface area (TPSA) is 69.6 Å². The molecule has 2 aliphatic rings. The molecule has 100 valence electrons. The molecule has 1 atom stereocenters. The number of nitrogens with zero attached hydrogens (tertiary/aromatic N) is 1. The Balaban J connectivity index is 2.63. The lowest BCUT2D eigenvalue weighted by Gasteiger charge is -2.29. The van der Waals surface area contributed by atoms with Crippen LogP contribution in [0, 0.1) is 0 Å². The van der Waals surface area contributed by atoms with Crippen molar-refractivity contribution in [2.75, 3.05) is 0 Å². The lowest BCUT2D eigenvalue weighted by Crippen LogP contribution is -2.46. The van der Waals surface area contributed by atoms with Gasteiger partial charge in [0.05, 0.1) is 11.5 Å². The molecule has 0 aromatic carbocycles. The monoisotopic (exact) mass is 270 g/mol. The second kappa shape index (κ2) is 3.91. The highest BCUT2D eigenvalue weighted by Crippen LogP contribution is 2.35. The van der Waals surface area contributed by atoms with Crippen molar-refractivity contribution >= 4 is 17.5 Å². The average Bonchev–Trinajstić information content (AvgIpc) is 2.28. The largest absolute Gasteiger partial charge is 0.547 e. The van der Waals surface area contributed by atoms with E-state index in [4.69, 9.17) is 0 Å². The summed E-state index contributed by atoms with van der Waals surface area (Å²) in [6.45, 7) is 1.14. The molecular formula is C12H7F3NO3-. The Morgan fingerprint density at radius 1 is 1.32 bits per heavy atom. The lowest BCUT2D eigenvalue weighted by atomic mass is 9.87. The van der Waals surface area contributed by atoms with E-state index in [2.05, 4.69) is 4.99 Å². The van der Waals surface area contributed by atoms with Gasteiger partial charge in [-0.3, -0.25) is 9.79 Å². The molecule has 2 rings (SSSR count). The van der Waals surface area contributed by atoms with Crippen molar-refractivity contribution in [3.8, 4) is 0 Å². The fourth-order valence-electron chi connectivity index (χ4n) is 1.75. The van der Waals surface area contributed by atoms with Crippen LogP contribution in [0.5, 0.6) is 0 Å². The quantitative estimate of drug-likeness (QED) is 0.652. The van der Waals surface area contributed by atoms with Gasteiger partial charge in [-0.2, -0.15) is 13.2 Å². The minimum atomic E-state index is -4.65. The summed E-state index contributed by atoms with van der Waals surface area (Å²) < 4.78 is 38.3. The fourth-order valence-corrected chi connectivity index (χ4v) is 1.75. The van der Waals surface area contributed by atoms with Crippen molar-refractivity contribution in [1.82, 2.24) is 0 Å². The molecule has 4 nitrogen and oxygen atoms in total. The van der Waals surface area contributed by atoms with E-state index in [0.29, 0.717) is 6.08 Å². The Hall–Kier alpha value is -2.18. The van der Waals surface area contributed by atoms with Crippen LogP contribution in [0.1, 0.15) is 6.92 Å². The van der Waals surface area contributed by atoms with E-state index in [1.807, 2.05) is 0 Å². The van der Waals surface area contributed by atoms with Gasteiger partial charge in [-0.25, -0.2) is 0 Å². The number of ketones is 1. The fraction of sp³-hybridized carbons (Fsp3) is 0.250. The Bertz CT molecular complexity index is 596. The van der Waals surface area contributed by atoms with Gasteiger partial charge >= 0.3 is 6.18 Å². The number of hydrogen-bond donors (Lipinski definition) is 0. The third-order valence-corrected chi connectivity index (χ3v) is 2.82. The molecule has 19 heavy (non-hydrogen) atoms. The number of fused-ring (bicyclic) bond motifs is 1. The number of carbonyl (C=O) groups is 2. The van der Waals surface area contributed by atoms with E-state index < -0.39 is 40.3 Å². The molecule has 1 heterocycles. The molecule has 0 aromatic heterocycles. The Morgan fingerprint density at radius 2 is 1.95 bits per heavy atom. The van der Waals surface area contributed by atoms with Gasteiger partial charge < -0.3 is 9.90 Å². The van der Waals surface area contributed by atoms with Gasteiger partial charge in [-0.05, 0) is 19.1 Å². The minimum absolute atomic E-state index is 0.418. The van der Waals surface area contributed by atoms with Crippen LogP contribution in [0.15, 0.2) is 40.4 Å². The third kappa shape index (κ3) is 2.11. The van der Waals surface area contributed by atoms with Gasteiger partial charge in [0.2, 0.25) is 5.78 Å². The molecule has 0 saturated heterocycles. The summed E-state index contributed by atoms with van der Waals surface area (Å²) in [5, 5.41) is 10.9. The Kier molecular flexibility index (Phi) is 2.73. The van der Waals surface area contributed by atoms with E-state index in [0.717, 1.165) is 25.2 Å². The number of alkyl halides is 3. The Labute approximate surface area is 105 Å². The predicted octanol–water partition coefficient (Wildman–Crippen LogP) is 0.504. The van der Waals surface area contributed by atoms with Crippen molar-refractivity contribution in [3.63, 3.8) is 0 Å². The molecule has 0 radical (unpaired) electrons. The molecule has 0 spiro atoms. The molecule has 0 bridgehead atoms. The zero-order valence-electron chi connectivity index (χ0n) is 9.62. The molecule has 0 amide bonds. The second-order valence-electron chi connectivity index (χ2n) is 4.25. The molecule has 1 aliphatic heterocycles. The molecule has 0 aromatic rings. The van der Waals surface area contributed by atoms with Crippen molar-refractivity contribution in [2.45, 2.75) is 18.6 Å². The van der Waals surface area contributed by atoms with Gasteiger partial charge in [0.15, 0.2) is 0 Å². The first-order valence-electron chi connectivity index (χ1n) is 5.20. The van der Waals surface area contributed by atoms with E-state index in [1.54, 1.807) is 0 Å². The van der Waals surface area contributed by atoms with Gasteiger partial charge in [0.1, 0.15) is 11.3 Å². The van der Waals surface area contributed by atoms with Crippen LogP contribution in [0.4, 0.5) is 13.2 Å². The SMILES string of the molecule is CC1(C(=O)[O-])C=CC2=C(C(F)(F)F)C=CC(=O)C2=N1. The summed E-state index contributed by atoms with van der Waals surface area (Å²) in [6, 6.07) is 0. The standard InChI is InChI=1S/C12H8F3NO3/c1-11(10(18)19)5-4-6-7(12(13,14)15)2-3-8(17)9(6)16-11/h2-5H,1H3,(H,18,19)/p-1. The number of aliphatic imine (C=N–C) groups is 1. The Morgan fingerprint density at radius 3 is 2.47 bits per heavy atom. The molecule has 1 unspecified atom stereocenters. The maximum absolute atomic E-state index is 12.8. The van der Waals surface area contributed by atoms with Crippen LogP contribution < -0.4 is 5.11 Å². The smallest absolute Gasteiger partial charge is 0.417 e. The first-order valence-corrected chi connectivity index (χ1v) is 5.20. The van der Waals surface area contributed by atoms with Crippen molar-refractivity contribution in [2.24, 2.45) is 4.99 Å². The molecule has 0 fully saturated rings. The van der Waals surface area contributed by atoms with Gasteiger partial charge in [-0.15, -0.1) is 0 Å². The van der Waals surface area contributed by atoms with E-state index in [-0.39, 0.29) is 0 Å². The summed E-state index contributed by atoms with van der Waals surface area (Å²) >= 11 is 0. The van der Waals surface area contributed by atoms with Crippen LogP contribution >= 0.6 is 0 Å². The average molecular weight is 270 g/mol. The zero-order valence-corrected chi connectivity index (χ0v) is 9.62. The zero-order chi connectivity index (χ0) is 14.4. The lowest BCUT2D eigenvalue weighted by molar-refractivity contribution is -0.310. The number of rotatable bonds is 1. The number of allylic oxidation sites excluding steroid dienone is 5. The van der Waals surface area contributed by atoms with Crippen molar-refractivity contribution in [1.29, 1.82) is 0 Å². The number of carbonyl (C=O) groups excluding carboxylic acids is 2. The second-order valence-corrected chi connectivity index (χ2v) is 4.25. The van der Waals surface area contributed by atoms with Gasteiger partial charge in [0.25, 0.3) is 0 Å². The maximum atomic E-state index is 12.8. The summed E-state index contributed by atoms with van der Waals surface area (Å²) in [4.78, 5) is 26.0. The number of halogens is 3. The number of hydrogen-bond acceptors (Lipinski definition) is 4. The summed E-state index contributed by atoms with van der Waals surface area (Å²) in [7, 11) is 0. The van der Waals surface area contributed by atoms with E-state index >= 15 is 0 Å². The van der Waals surface area contributed by atoms with Crippen LogP contribution in [0.3, 0.4) is 0 Å². The van der Waals surface area contributed by atoms with Crippen LogP contribution in [0.2, 0.25) is 0 Å². The van der Waals surface area contributed by atoms with Crippen LogP contribution in [0.25, 0.3) is 0 Å². The minimum Gasteiger partial charge on any atom is -0.547 e. The number of carboxylic acid groups (broad SMARTS) is 1. The molecule has 0 N–H and O–H groups in total. The van der Waals surface area contributed by atoms with Gasteiger partial charge in [-0.1, -0.05) is 12.2 Å². The molecule has 1 aliphatic carbocycles. The van der Waals surface area contributed by atoms with E-state index in [9.17, 15) is 27.9 Å². The van der Waals surface area contributed by atoms with Crippen molar-refractivity contribution in [3.05, 3.63) is 35.5 Å². The molecular weight excluding hydrogens is 263 g/mol. The first-order chi connectivity index (χ1) is 8.65. The number of carboxylic acids is 1. The predicted molar refractivity (Wildman–Crippen MR) is 57.2 cm³/mol. The van der Waals surface area contributed by atoms with Crippen molar-refractivity contribution < 1.29 is 27.9 Å². The summed E-state index contributed by atoms with van der Waals surface area (Å²) in [5.41, 5.74) is -3.79. The van der Waals surface area contributed by atoms with Gasteiger partial charge in [0, 0.05) is 5.57 Å². The summed E-state index contributed by atoms with van der Waals surface area (Å²) in [5.74, 6) is -2.36. The maximum Gasteiger partial charge on any atom is 0.417 e. The number of aliphatic carboxylic acids is 1. The highest BCUT2D eigenvalue weighted by molar-refractivity contribution is 6.52. The van der Waals surface area contributed by atoms with Crippen LogP contribution in [-0.2, 0) is 9.59 Å². The summed E-state index contributed by atoms with van der Waals surface area (Å²) in [6.07, 6.45) is -1.35. The highest BCUT2D eigenvalue weighted by Gasteiger charge is 2.40. The van der Waals surface area contributed by atoms with E-state index in [1.165, 1.54) is 0 Å². The van der Waals surface area contributed by atoms with Crippen LogP contribution in [-0.4, -0.2) is 29.2 Å².